The lowest BCUT2D eigenvalue weighted by Crippen LogP contribution is -2.43. The monoisotopic (exact) mass is 435 g/mol. The van der Waals surface area contributed by atoms with Crippen LogP contribution in [0.1, 0.15) is 22.7 Å². The molecule has 1 heterocycles. The van der Waals surface area contributed by atoms with E-state index in [4.69, 9.17) is 14.2 Å². The van der Waals surface area contributed by atoms with Crippen molar-refractivity contribution in [1.82, 2.24) is 4.90 Å². The van der Waals surface area contributed by atoms with Gasteiger partial charge in [0.25, 0.3) is 0 Å². The predicted molar refractivity (Wildman–Crippen MR) is 120 cm³/mol. The van der Waals surface area contributed by atoms with E-state index in [0.717, 1.165) is 16.7 Å². The molecule has 4 rings (SSSR count). The van der Waals surface area contributed by atoms with Gasteiger partial charge < -0.3 is 19.1 Å². The van der Waals surface area contributed by atoms with Gasteiger partial charge in [-0.15, -0.1) is 0 Å². The van der Waals surface area contributed by atoms with Crippen molar-refractivity contribution in [3.8, 4) is 17.2 Å². The summed E-state index contributed by atoms with van der Waals surface area (Å²) in [5.41, 5.74) is 3.03. The molecule has 0 aliphatic carbocycles. The van der Waals surface area contributed by atoms with E-state index in [1.807, 2.05) is 47.4 Å². The van der Waals surface area contributed by atoms with E-state index in [9.17, 15) is 9.18 Å². The number of benzene rings is 3. The van der Waals surface area contributed by atoms with E-state index in [1.54, 1.807) is 26.4 Å². The number of carbonyl (C=O) groups excluding carboxylic acids is 1. The standard InChI is InChI=1S/C26H26FNO4/c1-30-24-15-19-12-13-28(26(29)14-18-6-4-3-5-7-18)23(22(19)16-25(24)31-2)17-32-21-10-8-20(27)9-11-21/h3-11,15-16,23H,12-14,17H2,1-2H3/t23-/m1/s1. The lowest BCUT2D eigenvalue weighted by Gasteiger charge is -2.37. The first kappa shape index (κ1) is 21.7. The van der Waals surface area contributed by atoms with Gasteiger partial charge >= 0.3 is 0 Å². The van der Waals surface area contributed by atoms with Crippen LogP contribution in [-0.4, -0.2) is 38.2 Å². The Balaban J connectivity index is 1.64. The zero-order chi connectivity index (χ0) is 22.5. The molecule has 0 aromatic heterocycles. The van der Waals surface area contributed by atoms with Crippen molar-refractivity contribution in [3.63, 3.8) is 0 Å². The summed E-state index contributed by atoms with van der Waals surface area (Å²) in [5.74, 6) is 1.53. The zero-order valence-corrected chi connectivity index (χ0v) is 18.2. The fourth-order valence-corrected chi connectivity index (χ4v) is 4.08. The molecular weight excluding hydrogens is 409 g/mol. The van der Waals surface area contributed by atoms with Crippen molar-refractivity contribution in [1.29, 1.82) is 0 Å². The van der Waals surface area contributed by atoms with Gasteiger partial charge in [-0.1, -0.05) is 30.3 Å². The number of rotatable bonds is 7. The molecule has 1 aliphatic heterocycles. The highest BCUT2D eigenvalue weighted by Gasteiger charge is 2.32. The average molecular weight is 435 g/mol. The maximum Gasteiger partial charge on any atom is 0.227 e. The number of nitrogens with zero attached hydrogens (tertiary/aromatic N) is 1. The molecule has 0 saturated carbocycles. The highest BCUT2D eigenvalue weighted by molar-refractivity contribution is 5.79. The Morgan fingerprint density at radius 1 is 1.00 bits per heavy atom. The molecule has 3 aromatic rings. The second kappa shape index (κ2) is 9.73. The van der Waals surface area contributed by atoms with Crippen LogP contribution < -0.4 is 14.2 Å². The summed E-state index contributed by atoms with van der Waals surface area (Å²) < 4.78 is 30.2. The molecule has 1 atom stereocenters. The summed E-state index contributed by atoms with van der Waals surface area (Å²) in [7, 11) is 3.20. The van der Waals surface area contributed by atoms with Crippen molar-refractivity contribution in [2.24, 2.45) is 0 Å². The topological polar surface area (TPSA) is 48.0 Å². The first-order chi connectivity index (χ1) is 15.6. The van der Waals surface area contributed by atoms with Gasteiger partial charge in [0.2, 0.25) is 5.91 Å². The summed E-state index contributed by atoms with van der Waals surface area (Å²) in [6.45, 7) is 0.820. The predicted octanol–water partition coefficient (Wildman–Crippen LogP) is 4.59. The lowest BCUT2D eigenvalue weighted by molar-refractivity contribution is -0.134. The maximum atomic E-state index is 13.3. The maximum absolute atomic E-state index is 13.3. The van der Waals surface area contributed by atoms with Crippen LogP contribution in [-0.2, 0) is 17.6 Å². The largest absolute Gasteiger partial charge is 0.493 e. The summed E-state index contributed by atoms with van der Waals surface area (Å²) >= 11 is 0. The molecule has 0 spiro atoms. The third-order valence-corrected chi connectivity index (χ3v) is 5.74. The van der Waals surface area contributed by atoms with Crippen LogP contribution in [0.2, 0.25) is 0 Å². The molecule has 32 heavy (non-hydrogen) atoms. The van der Waals surface area contributed by atoms with Crippen LogP contribution in [0.3, 0.4) is 0 Å². The van der Waals surface area contributed by atoms with E-state index in [0.29, 0.717) is 36.6 Å². The summed E-state index contributed by atoms with van der Waals surface area (Å²) in [5, 5.41) is 0. The Morgan fingerprint density at radius 3 is 2.38 bits per heavy atom. The van der Waals surface area contributed by atoms with Crippen LogP contribution in [0.4, 0.5) is 4.39 Å². The first-order valence-corrected chi connectivity index (χ1v) is 10.6. The van der Waals surface area contributed by atoms with Gasteiger partial charge in [-0.25, -0.2) is 4.39 Å². The van der Waals surface area contributed by atoms with Gasteiger partial charge in [0.05, 0.1) is 26.7 Å². The number of fused-ring (bicyclic) bond motifs is 1. The molecule has 1 aliphatic rings. The SMILES string of the molecule is COc1cc2c(cc1OC)[C@@H](COc1ccc(F)cc1)N(C(=O)Cc1ccccc1)CC2. The molecule has 3 aromatic carbocycles. The quantitative estimate of drug-likeness (QED) is 0.545. The first-order valence-electron chi connectivity index (χ1n) is 10.6. The van der Waals surface area contributed by atoms with E-state index in [1.165, 1.54) is 12.1 Å². The number of hydrogen-bond acceptors (Lipinski definition) is 4. The van der Waals surface area contributed by atoms with Gasteiger partial charge in [0.1, 0.15) is 18.2 Å². The second-order valence-corrected chi connectivity index (χ2v) is 7.69. The van der Waals surface area contributed by atoms with Crippen LogP contribution in [0, 0.1) is 5.82 Å². The van der Waals surface area contributed by atoms with Crippen LogP contribution in [0.15, 0.2) is 66.7 Å². The normalized spacial score (nSPS) is 15.1. The van der Waals surface area contributed by atoms with Crippen LogP contribution in [0.25, 0.3) is 0 Å². The van der Waals surface area contributed by atoms with Crippen molar-refractivity contribution >= 4 is 5.91 Å². The average Bonchev–Trinajstić information content (AvgIpc) is 2.83. The minimum Gasteiger partial charge on any atom is -0.493 e. The lowest BCUT2D eigenvalue weighted by atomic mass is 9.91. The van der Waals surface area contributed by atoms with E-state index in [-0.39, 0.29) is 24.4 Å². The molecule has 0 saturated heterocycles. The minimum absolute atomic E-state index is 0.0318. The Morgan fingerprint density at radius 2 is 1.69 bits per heavy atom. The number of hydrogen-bond donors (Lipinski definition) is 0. The van der Waals surface area contributed by atoms with Crippen LogP contribution >= 0.6 is 0 Å². The Kier molecular flexibility index (Phi) is 6.59. The van der Waals surface area contributed by atoms with Crippen molar-refractivity contribution < 1.29 is 23.4 Å². The van der Waals surface area contributed by atoms with Crippen molar-refractivity contribution in [2.45, 2.75) is 18.9 Å². The highest BCUT2D eigenvalue weighted by atomic mass is 19.1. The molecule has 0 N–H and O–H groups in total. The van der Waals surface area contributed by atoms with Gasteiger partial charge in [-0.05, 0) is 59.5 Å². The molecule has 6 heteroatoms. The molecule has 0 bridgehead atoms. The molecule has 0 unspecified atom stereocenters. The second-order valence-electron chi connectivity index (χ2n) is 7.69. The fourth-order valence-electron chi connectivity index (χ4n) is 4.08. The number of amides is 1. The molecular formula is C26H26FNO4. The van der Waals surface area contributed by atoms with Gasteiger partial charge in [-0.2, -0.15) is 0 Å². The third-order valence-electron chi connectivity index (χ3n) is 5.74. The summed E-state index contributed by atoms with van der Waals surface area (Å²) in [6.07, 6.45) is 1.03. The van der Waals surface area contributed by atoms with Gasteiger partial charge in [0.15, 0.2) is 11.5 Å². The molecule has 166 valence electrons. The Hall–Kier alpha value is -3.54. The summed E-state index contributed by atoms with van der Waals surface area (Å²) in [6, 6.07) is 19.2. The third kappa shape index (κ3) is 4.69. The molecule has 5 nitrogen and oxygen atoms in total. The smallest absolute Gasteiger partial charge is 0.227 e. The number of ether oxygens (including phenoxy) is 3. The summed E-state index contributed by atoms with van der Waals surface area (Å²) in [4.78, 5) is 15.2. The Bertz CT molecular complexity index is 1070. The van der Waals surface area contributed by atoms with E-state index < -0.39 is 0 Å². The Labute approximate surface area is 187 Å². The zero-order valence-electron chi connectivity index (χ0n) is 18.2. The number of halogens is 1. The van der Waals surface area contributed by atoms with Crippen LogP contribution in [0.5, 0.6) is 17.2 Å². The van der Waals surface area contributed by atoms with E-state index >= 15 is 0 Å². The number of carbonyl (C=O) groups is 1. The van der Waals surface area contributed by atoms with Crippen molar-refractivity contribution in [2.75, 3.05) is 27.4 Å². The number of methoxy groups -OCH3 is 2. The highest BCUT2D eigenvalue weighted by Crippen LogP contribution is 2.38. The van der Waals surface area contributed by atoms with E-state index in [2.05, 4.69) is 0 Å². The molecule has 0 radical (unpaired) electrons. The minimum atomic E-state index is -0.322. The fraction of sp³-hybridized carbons (Fsp3) is 0.269. The van der Waals surface area contributed by atoms with Gasteiger partial charge in [-0.3, -0.25) is 4.79 Å². The van der Waals surface area contributed by atoms with Gasteiger partial charge in [0, 0.05) is 6.54 Å². The van der Waals surface area contributed by atoms with Crippen molar-refractivity contribution in [3.05, 3.63) is 89.2 Å². The molecule has 1 amide bonds. The molecule has 0 fully saturated rings.